The second-order valence-corrected chi connectivity index (χ2v) is 6.39. The maximum atomic E-state index is 12.5. The van der Waals surface area contributed by atoms with Crippen LogP contribution < -0.4 is 10.6 Å². The van der Waals surface area contributed by atoms with E-state index in [9.17, 15) is 14.4 Å². The van der Waals surface area contributed by atoms with E-state index in [1.54, 1.807) is 0 Å². The number of hydrogen-bond donors (Lipinski definition) is 2. The number of ether oxygens (including phenoxy) is 1. The van der Waals surface area contributed by atoms with Crippen molar-refractivity contribution in [1.29, 1.82) is 0 Å². The van der Waals surface area contributed by atoms with Gasteiger partial charge in [0.25, 0.3) is 0 Å². The molecule has 1 rings (SSSR count). The molecule has 0 aliphatic heterocycles. The molecule has 0 aliphatic rings. The number of carbonyl (C=O) groups is 3. The lowest BCUT2D eigenvalue weighted by Crippen LogP contribution is -2.53. The summed E-state index contributed by atoms with van der Waals surface area (Å²) in [5, 5.41) is 5.31. The minimum absolute atomic E-state index is 0.0932. The minimum Gasteiger partial charge on any atom is -0.445 e. The fourth-order valence-corrected chi connectivity index (χ4v) is 2.35. The molecule has 2 atom stereocenters. The maximum Gasteiger partial charge on any atom is 0.408 e. The van der Waals surface area contributed by atoms with Gasteiger partial charge >= 0.3 is 6.09 Å². The molecule has 0 radical (unpaired) electrons. The van der Waals surface area contributed by atoms with Crippen molar-refractivity contribution < 1.29 is 19.1 Å². The molecule has 0 fully saturated rings. The largest absolute Gasteiger partial charge is 0.445 e. The molecule has 6 heteroatoms. The quantitative estimate of drug-likeness (QED) is 0.719. The third kappa shape index (κ3) is 7.37. The lowest BCUT2D eigenvalue weighted by Gasteiger charge is -2.24. The smallest absolute Gasteiger partial charge is 0.408 e. The van der Waals surface area contributed by atoms with Gasteiger partial charge in [-0.05, 0) is 24.8 Å². The maximum absolute atomic E-state index is 12.5. The van der Waals surface area contributed by atoms with E-state index in [0.717, 1.165) is 12.0 Å². The standard InChI is InChI=1S/C19H28N2O4/c1-5-9-16(14(4)22)20-18(23)17(13(2)3)21-19(24)25-12-15-10-7-6-8-11-15/h6-8,10-11,13,16-17H,5,9,12H2,1-4H3,(H,20,23)(H,21,24)/t16-,17+/m0/s1. The molecule has 0 saturated heterocycles. The van der Waals surface area contributed by atoms with E-state index in [-0.39, 0.29) is 24.2 Å². The molecule has 0 aliphatic carbocycles. The van der Waals surface area contributed by atoms with Gasteiger partial charge in [0.2, 0.25) is 5.91 Å². The molecule has 0 spiro atoms. The Kier molecular flexibility index (Phi) is 8.67. The fraction of sp³-hybridized carbons (Fsp3) is 0.526. The molecule has 1 aromatic rings. The van der Waals surface area contributed by atoms with Gasteiger partial charge in [0, 0.05) is 0 Å². The van der Waals surface area contributed by atoms with Gasteiger partial charge in [0.05, 0.1) is 6.04 Å². The average molecular weight is 348 g/mol. The first-order chi connectivity index (χ1) is 11.8. The predicted molar refractivity (Wildman–Crippen MR) is 95.9 cm³/mol. The molecule has 0 saturated carbocycles. The number of Topliss-reactive ketones (excluding diaryl/α,β-unsaturated/α-hetero) is 1. The first-order valence-electron chi connectivity index (χ1n) is 8.63. The summed E-state index contributed by atoms with van der Waals surface area (Å²) < 4.78 is 5.16. The van der Waals surface area contributed by atoms with Gasteiger partial charge in [-0.25, -0.2) is 4.79 Å². The number of rotatable bonds is 9. The molecule has 6 nitrogen and oxygen atoms in total. The third-order valence-corrected chi connectivity index (χ3v) is 3.82. The number of benzene rings is 1. The summed E-state index contributed by atoms with van der Waals surface area (Å²) in [7, 11) is 0. The first-order valence-corrected chi connectivity index (χ1v) is 8.63. The van der Waals surface area contributed by atoms with Crippen LogP contribution >= 0.6 is 0 Å². The molecular weight excluding hydrogens is 320 g/mol. The van der Waals surface area contributed by atoms with Crippen LogP contribution in [0.4, 0.5) is 4.79 Å². The van der Waals surface area contributed by atoms with Gasteiger partial charge in [0.1, 0.15) is 12.6 Å². The van der Waals surface area contributed by atoms with E-state index < -0.39 is 18.2 Å². The van der Waals surface area contributed by atoms with Gasteiger partial charge in [-0.2, -0.15) is 0 Å². The normalized spacial score (nSPS) is 13.0. The molecular formula is C19H28N2O4. The highest BCUT2D eigenvalue weighted by Crippen LogP contribution is 2.06. The molecule has 0 aromatic heterocycles. The highest BCUT2D eigenvalue weighted by molar-refractivity contribution is 5.91. The van der Waals surface area contributed by atoms with Crippen LogP contribution in [0.15, 0.2) is 30.3 Å². The zero-order chi connectivity index (χ0) is 18.8. The van der Waals surface area contributed by atoms with E-state index >= 15 is 0 Å². The van der Waals surface area contributed by atoms with Crippen molar-refractivity contribution in [1.82, 2.24) is 10.6 Å². The van der Waals surface area contributed by atoms with Crippen molar-refractivity contribution in [2.75, 3.05) is 0 Å². The molecule has 2 amide bonds. The summed E-state index contributed by atoms with van der Waals surface area (Å²) in [6.07, 6.45) is 0.695. The number of alkyl carbamates (subject to hydrolysis) is 1. The van der Waals surface area contributed by atoms with Crippen molar-refractivity contribution in [2.24, 2.45) is 5.92 Å². The van der Waals surface area contributed by atoms with Gasteiger partial charge in [-0.3, -0.25) is 9.59 Å². The number of ketones is 1. The molecule has 0 bridgehead atoms. The Morgan fingerprint density at radius 2 is 1.72 bits per heavy atom. The predicted octanol–water partition coefficient (Wildman–Crippen LogP) is 2.81. The Morgan fingerprint density at radius 1 is 1.08 bits per heavy atom. The van der Waals surface area contributed by atoms with Crippen LogP contribution in [0.3, 0.4) is 0 Å². The Labute approximate surface area is 149 Å². The Bertz CT molecular complexity index is 572. The Morgan fingerprint density at radius 3 is 2.24 bits per heavy atom. The SMILES string of the molecule is CCC[C@H](NC(=O)[C@H](NC(=O)OCc1ccccc1)C(C)C)C(C)=O. The van der Waals surface area contributed by atoms with E-state index in [1.807, 2.05) is 51.1 Å². The topological polar surface area (TPSA) is 84.5 Å². The van der Waals surface area contributed by atoms with Crippen LogP contribution in [0, 0.1) is 5.92 Å². The lowest BCUT2D eigenvalue weighted by atomic mass is 10.0. The number of amides is 2. The molecule has 1 aromatic carbocycles. The Hall–Kier alpha value is -2.37. The van der Waals surface area contributed by atoms with Crippen molar-refractivity contribution in [2.45, 2.75) is 59.2 Å². The van der Waals surface area contributed by atoms with Crippen molar-refractivity contribution >= 4 is 17.8 Å². The van der Waals surface area contributed by atoms with Gasteiger partial charge in [0.15, 0.2) is 5.78 Å². The Balaban J connectivity index is 2.61. The van der Waals surface area contributed by atoms with Gasteiger partial charge in [-0.15, -0.1) is 0 Å². The van der Waals surface area contributed by atoms with E-state index in [0.29, 0.717) is 6.42 Å². The first kappa shape index (κ1) is 20.7. The van der Waals surface area contributed by atoms with Crippen molar-refractivity contribution in [3.8, 4) is 0 Å². The summed E-state index contributed by atoms with van der Waals surface area (Å²) in [6.45, 7) is 7.17. The second-order valence-electron chi connectivity index (χ2n) is 6.39. The zero-order valence-electron chi connectivity index (χ0n) is 15.4. The molecule has 138 valence electrons. The fourth-order valence-electron chi connectivity index (χ4n) is 2.35. The van der Waals surface area contributed by atoms with E-state index in [4.69, 9.17) is 4.74 Å². The number of hydrogen-bond acceptors (Lipinski definition) is 4. The summed E-state index contributed by atoms with van der Waals surface area (Å²) >= 11 is 0. The van der Waals surface area contributed by atoms with E-state index in [2.05, 4.69) is 10.6 Å². The number of carbonyl (C=O) groups excluding carboxylic acids is 3. The number of nitrogens with one attached hydrogen (secondary N) is 2. The molecule has 25 heavy (non-hydrogen) atoms. The highest BCUT2D eigenvalue weighted by atomic mass is 16.5. The van der Waals surface area contributed by atoms with Gasteiger partial charge < -0.3 is 15.4 Å². The van der Waals surface area contributed by atoms with Crippen LogP contribution in [-0.4, -0.2) is 29.9 Å². The molecule has 2 N–H and O–H groups in total. The van der Waals surface area contributed by atoms with Crippen LogP contribution in [0.2, 0.25) is 0 Å². The zero-order valence-corrected chi connectivity index (χ0v) is 15.4. The minimum atomic E-state index is -0.762. The molecule has 0 unspecified atom stereocenters. The summed E-state index contributed by atoms with van der Waals surface area (Å²) in [6, 6.07) is 8.00. The highest BCUT2D eigenvalue weighted by Gasteiger charge is 2.27. The van der Waals surface area contributed by atoms with E-state index in [1.165, 1.54) is 6.92 Å². The lowest BCUT2D eigenvalue weighted by molar-refractivity contribution is -0.129. The monoisotopic (exact) mass is 348 g/mol. The van der Waals surface area contributed by atoms with Gasteiger partial charge in [-0.1, -0.05) is 57.5 Å². The average Bonchev–Trinajstić information content (AvgIpc) is 2.57. The van der Waals surface area contributed by atoms with Crippen LogP contribution in [-0.2, 0) is 20.9 Å². The summed E-state index contributed by atoms with van der Waals surface area (Å²) in [5.74, 6) is -0.608. The van der Waals surface area contributed by atoms with Crippen molar-refractivity contribution in [3.63, 3.8) is 0 Å². The van der Waals surface area contributed by atoms with Crippen molar-refractivity contribution in [3.05, 3.63) is 35.9 Å². The third-order valence-electron chi connectivity index (χ3n) is 3.82. The van der Waals surface area contributed by atoms with Crippen LogP contribution in [0.5, 0.6) is 0 Å². The molecule has 0 heterocycles. The second kappa shape index (κ2) is 10.5. The summed E-state index contributed by atoms with van der Waals surface area (Å²) in [4.78, 5) is 36.1. The van der Waals surface area contributed by atoms with Crippen LogP contribution in [0.1, 0.15) is 46.1 Å². The van der Waals surface area contributed by atoms with Crippen LogP contribution in [0.25, 0.3) is 0 Å². The summed E-state index contributed by atoms with van der Waals surface area (Å²) in [5.41, 5.74) is 0.864.